The molecule has 1 saturated heterocycles. The lowest BCUT2D eigenvalue weighted by Crippen LogP contribution is -2.73. The second kappa shape index (κ2) is 7.52. The van der Waals surface area contributed by atoms with Crippen molar-refractivity contribution in [3.05, 3.63) is 53.7 Å². The van der Waals surface area contributed by atoms with Gasteiger partial charge in [0.1, 0.15) is 35.6 Å². The van der Waals surface area contributed by atoms with Crippen molar-refractivity contribution in [1.82, 2.24) is 29.9 Å². The fraction of sp³-hybridized carbons (Fsp3) is 0.381. The van der Waals surface area contributed by atoms with Crippen LogP contribution in [0.25, 0.3) is 5.69 Å². The largest absolute Gasteiger partial charge is 0.508 e. The number of nitrogens with zero attached hydrogens (tertiary/aromatic N) is 6. The van der Waals surface area contributed by atoms with Crippen molar-refractivity contribution in [3.63, 3.8) is 0 Å². The van der Waals surface area contributed by atoms with E-state index in [0.717, 1.165) is 0 Å². The number of nitrogens with one attached hydrogen (secondary N) is 1. The van der Waals surface area contributed by atoms with E-state index in [9.17, 15) is 19.1 Å². The molecule has 11 heteroatoms. The number of piperazine rings is 1. The number of aliphatic hydroxyl groups is 1. The summed E-state index contributed by atoms with van der Waals surface area (Å²) in [5.74, 6) is -0.558. The number of aliphatic imine (C=N–C) groups is 1. The number of rotatable bonds is 4. The van der Waals surface area contributed by atoms with Crippen molar-refractivity contribution >= 4 is 17.5 Å². The number of likely N-dealkylation sites (N-methyl/N-ethyl adjacent to an activating group) is 1. The predicted molar refractivity (Wildman–Crippen MR) is 111 cm³/mol. The molecule has 1 aromatic carbocycles. The number of Topliss-reactive ketones (excluding diaryl/α,β-unsaturated/α-hetero) is 1. The highest BCUT2D eigenvalue weighted by atomic mass is 19.1. The number of aromatic nitrogens is 3. The van der Waals surface area contributed by atoms with E-state index in [2.05, 4.69) is 20.4 Å². The Morgan fingerprint density at radius 1 is 1.34 bits per heavy atom. The summed E-state index contributed by atoms with van der Waals surface area (Å²) < 4.78 is 15.2. The van der Waals surface area contributed by atoms with Gasteiger partial charge < -0.3 is 15.3 Å². The standard InChI is InChI=1S/C21H22FN7O3/c1-27-6-7-28-10-16(30)18(26-20(28)21(27)5-4-17(21)31)19(32)24-9-13-2-3-14(22)8-15(13)29-12-23-11-25-29/h2-3,8,11-12,30H,4-7,9-10H2,1H3,(H,24,32). The number of amides is 1. The Balaban J connectivity index is 1.40. The van der Waals surface area contributed by atoms with E-state index in [0.29, 0.717) is 43.0 Å². The summed E-state index contributed by atoms with van der Waals surface area (Å²) in [5, 5.41) is 17.3. The average Bonchev–Trinajstić information content (AvgIpc) is 3.31. The van der Waals surface area contributed by atoms with Gasteiger partial charge in [0.25, 0.3) is 5.91 Å². The maximum Gasteiger partial charge on any atom is 0.273 e. The second-order valence-electron chi connectivity index (χ2n) is 8.15. The van der Waals surface area contributed by atoms with Crippen LogP contribution in [0.1, 0.15) is 18.4 Å². The highest BCUT2D eigenvalue weighted by Gasteiger charge is 2.57. The predicted octanol–water partition coefficient (Wildman–Crippen LogP) is 0.553. The first-order valence-corrected chi connectivity index (χ1v) is 10.3. The van der Waals surface area contributed by atoms with E-state index in [1.807, 2.05) is 16.8 Å². The van der Waals surface area contributed by atoms with Crippen LogP contribution >= 0.6 is 0 Å². The lowest BCUT2D eigenvalue weighted by molar-refractivity contribution is -0.136. The summed E-state index contributed by atoms with van der Waals surface area (Å²) in [6, 6.07) is 4.14. The molecule has 32 heavy (non-hydrogen) atoms. The minimum absolute atomic E-state index is 0.0592. The number of amidine groups is 1. The Morgan fingerprint density at radius 3 is 2.88 bits per heavy atom. The number of carbonyl (C=O) groups is 2. The Labute approximate surface area is 183 Å². The number of carbonyl (C=O) groups excluding carboxylic acids is 2. The van der Waals surface area contributed by atoms with Gasteiger partial charge in [-0.1, -0.05) is 6.07 Å². The first kappa shape index (κ1) is 20.3. The number of ketones is 1. The first-order chi connectivity index (χ1) is 15.4. The monoisotopic (exact) mass is 439 g/mol. The molecule has 1 amide bonds. The van der Waals surface area contributed by atoms with Crippen molar-refractivity contribution in [1.29, 1.82) is 0 Å². The van der Waals surface area contributed by atoms with Crippen molar-refractivity contribution in [2.24, 2.45) is 4.99 Å². The molecule has 0 radical (unpaired) electrons. The molecule has 1 aromatic heterocycles. The Morgan fingerprint density at radius 2 is 2.19 bits per heavy atom. The molecule has 2 N–H and O–H groups in total. The number of benzene rings is 1. The number of hydrogen-bond acceptors (Lipinski definition) is 8. The molecule has 1 saturated carbocycles. The van der Waals surface area contributed by atoms with Crippen molar-refractivity contribution < 1.29 is 19.1 Å². The summed E-state index contributed by atoms with van der Waals surface area (Å²) >= 11 is 0. The van der Waals surface area contributed by atoms with Gasteiger partial charge in [0.15, 0.2) is 11.5 Å². The van der Waals surface area contributed by atoms with E-state index in [1.165, 1.54) is 29.5 Å². The zero-order valence-electron chi connectivity index (χ0n) is 17.5. The van der Waals surface area contributed by atoms with E-state index >= 15 is 0 Å². The normalized spacial score (nSPS) is 23.1. The quantitative estimate of drug-likeness (QED) is 0.715. The van der Waals surface area contributed by atoms with Crippen LogP contribution in [0.2, 0.25) is 0 Å². The van der Waals surface area contributed by atoms with Gasteiger partial charge in [-0.15, -0.1) is 0 Å². The molecule has 1 atom stereocenters. The highest BCUT2D eigenvalue weighted by molar-refractivity contribution is 6.18. The van der Waals surface area contributed by atoms with Gasteiger partial charge in [0, 0.05) is 26.1 Å². The molecule has 2 aliphatic heterocycles. The minimum atomic E-state index is -0.818. The Hall–Kier alpha value is -3.60. The van der Waals surface area contributed by atoms with Crippen LogP contribution < -0.4 is 5.32 Å². The zero-order chi connectivity index (χ0) is 22.5. The SMILES string of the molecule is CN1CCN2CC(O)=C(C(=O)NCc3ccc(F)cc3-n3cncn3)N=C2C12CCC2=O. The molecular weight excluding hydrogens is 417 g/mol. The Bertz CT molecular complexity index is 1160. The maximum absolute atomic E-state index is 13.8. The molecule has 1 aliphatic carbocycles. The highest BCUT2D eigenvalue weighted by Crippen LogP contribution is 2.40. The molecule has 166 valence electrons. The molecular formula is C21H22FN7O3. The van der Waals surface area contributed by atoms with Crippen molar-refractivity contribution in [3.8, 4) is 5.69 Å². The van der Waals surface area contributed by atoms with Gasteiger partial charge >= 0.3 is 0 Å². The van der Waals surface area contributed by atoms with E-state index < -0.39 is 17.3 Å². The molecule has 2 fully saturated rings. The third-order valence-electron chi connectivity index (χ3n) is 6.40. The van der Waals surface area contributed by atoms with E-state index in [-0.39, 0.29) is 30.3 Å². The van der Waals surface area contributed by atoms with Gasteiger partial charge in [-0.05, 0) is 31.2 Å². The summed E-state index contributed by atoms with van der Waals surface area (Å²) in [7, 11) is 1.88. The summed E-state index contributed by atoms with van der Waals surface area (Å²) in [5.41, 5.74) is 0.130. The first-order valence-electron chi connectivity index (χ1n) is 10.3. The molecule has 5 rings (SSSR count). The van der Waals surface area contributed by atoms with E-state index in [1.54, 1.807) is 6.07 Å². The fourth-order valence-electron chi connectivity index (χ4n) is 4.52. The number of aliphatic hydroxyl groups excluding tert-OH is 1. The van der Waals surface area contributed by atoms with Crippen LogP contribution in [0.3, 0.4) is 0 Å². The van der Waals surface area contributed by atoms with Gasteiger partial charge in [0.05, 0.1) is 12.2 Å². The van der Waals surface area contributed by atoms with Crippen molar-refractivity contribution in [2.75, 3.05) is 26.7 Å². The molecule has 10 nitrogen and oxygen atoms in total. The second-order valence-corrected chi connectivity index (χ2v) is 8.15. The van der Waals surface area contributed by atoms with E-state index in [4.69, 9.17) is 0 Å². The lowest BCUT2D eigenvalue weighted by atomic mass is 9.71. The van der Waals surface area contributed by atoms with Gasteiger partial charge in [-0.25, -0.2) is 19.0 Å². The average molecular weight is 439 g/mol. The smallest absolute Gasteiger partial charge is 0.273 e. The molecule has 3 aliphatic rings. The number of fused-ring (bicyclic) bond motifs is 2. The maximum atomic E-state index is 13.8. The molecule has 3 heterocycles. The fourth-order valence-corrected chi connectivity index (χ4v) is 4.52. The Kier molecular flexibility index (Phi) is 4.77. The summed E-state index contributed by atoms with van der Waals surface area (Å²) in [6.07, 6.45) is 3.89. The van der Waals surface area contributed by atoms with Gasteiger partial charge in [-0.3, -0.25) is 14.5 Å². The third kappa shape index (κ3) is 3.08. The van der Waals surface area contributed by atoms with Gasteiger partial charge in [0.2, 0.25) is 0 Å². The van der Waals surface area contributed by atoms with Crippen LogP contribution in [-0.2, 0) is 16.1 Å². The molecule has 2 aromatic rings. The van der Waals surface area contributed by atoms with Crippen LogP contribution in [0.5, 0.6) is 0 Å². The zero-order valence-corrected chi connectivity index (χ0v) is 17.5. The molecule has 1 spiro atoms. The number of hydrogen-bond donors (Lipinski definition) is 2. The summed E-state index contributed by atoms with van der Waals surface area (Å²) in [6.45, 7) is 1.48. The van der Waals surface area contributed by atoms with Crippen LogP contribution in [-0.4, -0.2) is 79.4 Å². The van der Waals surface area contributed by atoms with Crippen molar-refractivity contribution in [2.45, 2.75) is 24.9 Å². The number of halogens is 1. The minimum Gasteiger partial charge on any atom is -0.508 e. The van der Waals surface area contributed by atoms with Gasteiger partial charge in [-0.2, -0.15) is 5.10 Å². The summed E-state index contributed by atoms with van der Waals surface area (Å²) in [4.78, 5) is 37.7. The molecule has 1 unspecified atom stereocenters. The topological polar surface area (TPSA) is 116 Å². The van der Waals surface area contributed by atoms with Crippen LogP contribution in [0.4, 0.5) is 4.39 Å². The lowest BCUT2D eigenvalue weighted by Gasteiger charge is -2.54. The molecule has 0 bridgehead atoms. The van der Waals surface area contributed by atoms with Crippen LogP contribution in [0.15, 0.2) is 47.3 Å². The van der Waals surface area contributed by atoms with Crippen LogP contribution in [0, 0.1) is 5.82 Å². The third-order valence-corrected chi connectivity index (χ3v) is 6.40.